The maximum atomic E-state index is 11.3. The van der Waals surface area contributed by atoms with Crippen molar-refractivity contribution in [2.75, 3.05) is 5.75 Å². The molecule has 0 bridgehead atoms. The van der Waals surface area contributed by atoms with E-state index in [-0.39, 0.29) is 18.0 Å². The summed E-state index contributed by atoms with van der Waals surface area (Å²) < 4.78 is 22.6. The van der Waals surface area contributed by atoms with Gasteiger partial charge in [-0.15, -0.1) is 0 Å². The lowest BCUT2D eigenvalue weighted by Crippen LogP contribution is -2.27. The Bertz CT molecular complexity index is 313. The molecule has 0 saturated heterocycles. The smallest absolute Gasteiger partial charge is 0.159 e. The van der Waals surface area contributed by atoms with E-state index >= 15 is 0 Å². The summed E-state index contributed by atoms with van der Waals surface area (Å²) >= 11 is 0. The number of nitrogens with zero attached hydrogens (tertiary/aromatic N) is 1. The van der Waals surface area contributed by atoms with Crippen LogP contribution in [0.25, 0.3) is 0 Å². The third-order valence-corrected chi connectivity index (χ3v) is 4.10. The van der Waals surface area contributed by atoms with Crippen LogP contribution in [-0.4, -0.2) is 25.2 Å². The van der Waals surface area contributed by atoms with Gasteiger partial charge in [0.25, 0.3) is 0 Å². The first-order valence-electron chi connectivity index (χ1n) is 4.01. The summed E-state index contributed by atoms with van der Waals surface area (Å²) in [6.07, 6.45) is 0.514. The minimum absolute atomic E-state index is 0.0820. The van der Waals surface area contributed by atoms with Gasteiger partial charge in [0.1, 0.15) is 11.0 Å². The number of rotatable bonds is 5. The minimum atomic E-state index is -3.33. The van der Waals surface area contributed by atoms with Crippen molar-refractivity contribution >= 4 is 15.6 Å². The zero-order valence-corrected chi connectivity index (χ0v) is 8.60. The average Bonchev–Trinajstić information content (AvgIpc) is 2.03. The molecule has 0 radical (unpaired) electrons. The largest absolute Gasteiger partial charge is 0.299 e. The number of ketones is 1. The molecule has 0 aliphatic rings. The first-order chi connectivity index (χ1) is 5.91. The zero-order chi connectivity index (χ0) is 10.5. The molecule has 0 fully saturated rings. The van der Waals surface area contributed by atoms with E-state index in [1.165, 1.54) is 13.8 Å². The van der Waals surface area contributed by atoms with E-state index in [2.05, 4.69) is 0 Å². The molecule has 0 heterocycles. The molecule has 74 valence electrons. The second-order valence-electron chi connectivity index (χ2n) is 2.88. The molecule has 0 aromatic carbocycles. The molecule has 13 heavy (non-hydrogen) atoms. The standard InChI is InChI=1S/C8H13NO3S/c1-7(10)8(2)13(11,12)6-4-3-5-9/h8H,3-4,6H2,1-2H3. The van der Waals surface area contributed by atoms with E-state index in [1.807, 2.05) is 6.07 Å². The second-order valence-corrected chi connectivity index (χ2v) is 5.32. The number of carbonyl (C=O) groups is 1. The Morgan fingerprint density at radius 3 is 2.46 bits per heavy atom. The Morgan fingerprint density at radius 2 is 2.08 bits per heavy atom. The van der Waals surface area contributed by atoms with Crippen LogP contribution in [0.15, 0.2) is 0 Å². The summed E-state index contributed by atoms with van der Waals surface area (Å²) in [7, 11) is -3.33. The normalized spacial score (nSPS) is 13.3. The van der Waals surface area contributed by atoms with Crippen LogP contribution in [0.3, 0.4) is 0 Å². The topological polar surface area (TPSA) is 75.0 Å². The summed E-state index contributed by atoms with van der Waals surface area (Å²) in [4.78, 5) is 10.8. The predicted molar refractivity (Wildman–Crippen MR) is 48.8 cm³/mol. The van der Waals surface area contributed by atoms with Gasteiger partial charge >= 0.3 is 0 Å². The molecule has 0 saturated carbocycles. The summed E-state index contributed by atoms with van der Waals surface area (Å²) in [5.74, 6) is -0.432. The number of hydrogen-bond acceptors (Lipinski definition) is 4. The molecule has 0 aromatic rings. The number of carbonyl (C=O) groups excluding carboxylic acids is 1. The minimum Gasteiger partial charge on any atom is -0.299 e. The summed E-state index contributed by atoms with van der Waals surface area (Å²) in [5.41, 5.74) is 0. The summed E-state index contributed by atoms with van der Waals surface area (Å²) in [6, 6.07) is 1.86. The number of unbranched alkanes of at least 4 members (excludes halogenated alkanes) is 1. The van der Waals surface area contributed by atoms with Crippen molar-refractivity contribution in [2.24, 2.45) is 0 Å². The van der Waals surface area contributed by atoms with Crippen LogP contribution in [0.2, 0.25) is 0 Å². The molecule has 4 nitrogen and oxygen atoms in total. The molecule has 0 aliphatic heterocycles. The van der Waals surface area contributed by atoms with Crippen LogP contribution >= 0.6 is 0 Å². The van der Waals surface area contributed by atoms with Gasteiger partial charge < -0.3 is 0 Å². The van der Waals surface area contributed by atoms with Crippen LogP contribution in [0.4, 0.5) is 0 Å². The lowest BCUT2D eigenvalue weighted by Gasteiger charge is -2.07. The third kappa shape index (κ3) is 4.04. The van der Waals surface area contributed by atoms with Gasteiger partial charge in [-0.2, -0.15) is 5.26 Å². The molecule has 1 atom stereocenters. The fraction of sp³-hybridized carbons (Fsp3) is 0.750. The molecule has 0 N–H and O–H groups in total. The molecule has 0 aliphatic carbocycles. The quantitative estimate of drug-likeness (QED) is 0.616. The highest BCUT2D eigenvalue weighted by Gasteiger charge is 2.23. The van der Waals surface area contributed by atoms with Crippen LogP contribution < -0.4 is 0 Å². The number of Topliss-reactive ketones (excluding diaryl/α,β-unsaturated/α-hetero) is 1. The highest BCUT2D eigenvalue weighted by atomic mass is 32.2. The van der Waals surface area contributed by atoms with Gasteiger partial charge in [0.2, 0.25) is 0 Å². The molecule has 0 aromatic heterocycles. The highest BCUT2D eigenvalue weighted by Crippen LogP contribution is 2.05. The van der Waals surface area contributed by atoms with Crippen molar-refractivity contribution in [1.29, 1.82) is 5.26 Å². The van der Waals surface area contributed by atoms with Crippen molar-refractivity contribution in [2.45, 2.75) is 31.9 Å². The van der Waals surface area contributed by atoms with E-state index < -0.39 is 15.1 Å². The zero-order valence-electron chi connectivity index (χ0n) is 7.78. The van der Waals surface area contributed by atoms with Crippen LogP contribution in [-0.2, 0) is 14.6 Å². The molecule has 0 spiro atoms. The third-order valence-electron chi connectivity index (χ3n) is 1.83. The second kappa shape index (κ2) is 4.97. The first-order valence-corrected chi connectivity index (χ1v) is 5.72. The van der Waals surface area contributed by atoms with Crippen molar-refractivity contribution in [3.05, 3.63) is 0 Å². The molecule has 0 rings (SSSR count). The summed E-state index contributed by atoms with van der Waals surface area (Å²) in [6.45, 7) is 2.64. The Hall–Kier alpha value is -0.890. The van der Waals surface area contributed by atoms with Crippen molar-refractivity contribution in [1.82, 2.24) is 0 Å². The van der Waals surface area contributed by atoms with E-state index in [0.29, 0.717) is 6.42 Å². The SMILES string of the molecule is CC(=O)C(C)S(=O)(=O)CCCC#N. The lowest BCUT2D eigenvalue weighted by molar-refractivity contribution is -0.116. The Labute approximate surface area is 78.5 Å². The van der Waals surface area contributed by atoms with Gasteiger partial charge in [-0.25, -0.2) is 8.42 Å². The van der Waals surface area contributed by atoms with Gasteiger partial charge in [-0.1, -0.05) is 0 Å². The predicted octanol–water partition coefficient (Wildman–Crippen LogP) is 0.682. The Kier molecular flexibility index (Phi) is 4.63. The van der Waals surface area contributed by atoms with Gasteiger partial charge in [-0.3, -0.25) is 4.79 Å². The Morgan fingerprint density at radius 1 is 1.54 bits per heavy atom. The molecular formula is C8H13NO3S. The number of nitriles is 1. The van der Waals surface area contributed by atoms with E-state index in [9.17, 15) is 13.2 Å². The molecule has 5 heteroatoms. The number of sulfone groups is 1. The number of hydrogen-bond donors (Lipinski definition) is 0. The van der Waals surface area contributed by atoms with Crippen LogP contribution in [0.1, 0.15) is 26.7 Å². The van der Waals surface area contributed by atoms with E-state index in [0.717, 1.165) is 0 Å². The van der Waals surface area contributed by atoms with Gasteiger partial charge in [0.05, 0.1) is 11.8 Å². The fourth-order valence-corrected chi connectivity index (χ4v) is 2.19. The monoisotopic (exact) mass is 203 g/mol. The van der Waals surface area contributed by atoms with Gasteiger partial charge in [0.15, 0.2) is 9.84 Å². The lowest BCUT2D eigenvalue weighted by atomic mass is 10.3. The van der Waals surface area contributed by atoms with Gasteiger partial charge in [0, 0.05) is 6.42 Å². The molecule has 0 amide bonds. The molecular weight excluding hydrogens is 190 g/mol. The Balaban J connectivity index is 4.26. The highest BCUT2D eigenvalue weighted by molar-refractivity contribution is 7.92. The maximum Gasteiger partial charge on any atom is 0.159 e. The fourth-order valence-electron chi connectivity index (χ4n) is 0.782. The first kappa shape index (κ1) is 12.1. The van der Waals surface area contributed by atoms with E-state index in [4.69, 9.17) is 5.26 Å². The summed E-state index contributed by atoms with van der Waals surface area (Å²) in [5, 5.41) is 7.26. The van der Waals surface area contributed by atoms with Gasteiger partial charge in [-0.05, 0) is 20.3 Å². The van der Waals surface area contributed by atoms with E-state index in [1.54, 1.807) is 0 Å². The van der Waals surface area contributed by atoms with Crippen LogP contribution in [0.5, 0.6) is 0 Å². The van der Waals surface area contributed by atoms with Crippen molar-refractivity contribution < 1.29 is 13.2 Å². The van der Waals surface area contributed by atoms with Crippen molar-refractivity contribution in [3.63, 3.8) is 0 Å². The van der Waals surface area contributed by atoms with Crippen molar-refractivity contribution in [3.8, 4) is 6.07 Å². The van der Waals surface area contributed by atoms with Crippen LogP contribution in [0, 0.1) is 11.3 Å². The maximum absolute atomic E-state index is 11.3. The molecule has 1 unspecified atom stereocenters. The average molecular weight is 203 g/mol.